The largest absolute Gasteiger partial charge is 0.459 e. The number of nitrogens with zero attached hydrogens (tertiary/aromatic N) is 2. The van der Waals surface area contributed by atoms with Gasteiger partial charge in [0.05, 0.1) is 6.26 Å². The van der Waals surface area contributed by atoms with Crippen LogP contribution in [0.5, 0.6) is 0 Å². The van der Waals surface area contributed by atoms with Crippen molar-refractivity contribution in [2.24, 2.45) is 0 Å². The van der Waals surface area contributed by atoms with Crippen LogP contribution in [0.2, 0.25) is 0 Å². The van der Waals surface area contributed by atoms with Gasteiger partial charge in [-0.3, -0.25) is 9.69 Å². The molecule has 1 aliphatic heterocycles. The molecule has 0 radical (unpaired) electrons. The molecule has 136 valence electrons. The highest BCUT2D eigenvalue weighted by Gasteiger charge is 2.23. The third kappa shape index (κ3) is 4.98. The first-order valence-corrected chi connectivity index (χ1v) is 8.80. The quantitative estimate of drug-likeness (QED) is 0.862. The molecule has 1 N–H and O–H groups in total. The Morgan fingerprint density at radius 2 is 1.85 bits per heavy atom. The molecule has 0 aliphatic carbocycles. The summed E-state index contributed by atoms with van der Waals surface area (Å²) in [5, 5.41) is 9.66. The average Bonchev–Trinajstić information content (AvgIpc) is 3.15. The molecule has 1 amide bonds. The van der Waals surface area contributed by atoms with E-state index in [2.05, 4.69) is 28.9 Å². The Morgan fingerprint density at radius 3 is 2.42 bits per heavy atom. The fourth-order valence-corrected chi connectivity index (χ4v) is 2.84. The van der Waals surface area contributed by atoms with Crippen LogP contribution in [0.3, 0.4) is 0 Å². The summed E-state index contributed by atoms with van der Waals surface area (Å²) in [6.45, 7) is 7.28. The molecule has 2 aromatic rings. The number of carbonyl (C=O) groups is 1. The van der Waals surface area contributed by atoms with E-state index in [1.165, 1.54) is 11.8 Å². The Bertz CT molecular complexity index is 785. The van der Waals surface area contributed by atoms with Crippen molar-refractivity contribution < 1.29 is 14.3 Å². The highest BCUT2D eigenvalue weighted by molar-refractivity contribution is 5.91. The minimum absolute atomic E-state index is 0.0376. The van der Waals surface area contributed by atoms with Gasteiger partial charge in [0, 0.05) is 38.3 Å². The van der Waals surface area contributed by atoms with Gasteiger partial charge >= 0.3 is 0 Å². The van der Waals surface area contributed by atoms with Crippen LogP contribution in [0.1, 0.15) is 35.5 Å². The Balaban J connectivity index is 1.51. The molecule has 1 saturated heterocycles. The Kier molecular flexibility index (Phi) is 5.46. The van der Waals surface area contributed by atoms with Crippen LogP contribution in [-0.2, 0) is 6.54 Å². The fraction of sp³-hybridized carbons (Fsp3) is 0.381. The molecular formula is C21H24N2O3. The second kappa shape index (κ2) is 7.77. The molecule has 1 aromatic carbocycles. The molecule has 1 aliphatic rings. The maximum atomic E-state index is 12.3. The molecule has 0 unspecified atom stereocenters. The van der Waals surface area contributed by atoms with E-state index in [-0.39, 0.29) is 5.91 Å². The second-order valence-corrected chi connectivity index (χ2v) is 7.05. The first kappa shape index (κ1) is 18.2. The molecule has 0 atom stereocenters. The molecule has 0 saturated carbocycles. The van der Waals surface area contributed by atoms with Gasteiger partial charge in [-0.1, -0.05) is 24.0 Å². The third-order valence-corrected chi connectivity index (χ3v) is 4.26. The molecule has 3 rings (SSSR count). The van der Waals surface area contributed by atoms with Crippen molar-refractivity contribution in [3.63, 3.8) is 0 Å². The normalized spacial score (nSPS) is 15.4. The van der Waals surface area contributed by atoms with E-state index in [0.29, 0.717) is 18.8 Å². The van der Waals surface area contributed by atoms with E-state index in [9.17, 15) is 9.90 Å². The molecule has 5 heteroatoms. The summed E-state index contributed by atoms with van der Waals surface area (Å²) in [6, 6.07) is 11.5. The Labute approximate surface area is 154 Å². The van der Waals surface area contributed by atoms with Crippen LogP contribution in [0.25, 0.3) is 0 Å². The van der Waals surface area contributed by atoms with Gasteiger partial charge < -0.3 is 14.4 Å². The van der Waals surface area contributed by atoms with Gasteiger partial charge in [0.15, 0.2) is 5.76 Å². The Morgan fingerprint density at radius 1 is 1.15 bits per heavy atom. The summed E-state index contributed by atoms with van der Waals surface area (Å²) in [7, 11) is 0. The van der Waals surface area contributed by atoms with Crippen LogP contribution in [0, 0.1) is 11.8 Å². The van der Waals surface area contributed by atoms with E-state index < -0.39 is 5.60 Å². The number of amides is 1. The monoisotopic (exact) mass is 352 g/mol. The summed E-state index contributed by atoms with van der Waals surface area (Å²) in [6.07, 6.45) is 1.53. The number of rotatable bonds is 3. The number of benzene rings is 1. The molecule has 1 aromatic heterocycles. The minimum atomic E-state index is -0.981. The van der Waals surface area contributed by atoms with Crippen LogP contribution in [-0.4, -0.2) is 52.6 Å². The SMILES string of the molecule is CC(C)(O)C#Cc1ccc(CN2CCN(C(=O)c3ccco3)CC2)cc1. The predicted molar refractivity (Wildman–Crippen MR) is 99.5 cm³/mol. The predicted octanol–water partition coefficient (Wildman–Crippen LogP) is 2.36. The standard InChI is InChI=1S/C21H24N2O3/c1-21(2,25)10-9-17-5-7-18(8-6-17)16-22-11-13-23(14-12-22)20(24)19-4-3-15-26-19/h3-8,15,25H,11-14,16H2,1-2H3. The lowest BCUT2D eigenvalue weighted by Crippen LogP contribution is -2.48. The van der Waals surface area contributed by atoms with E-state index in [1.54, 1.807) is 26.0 Å². The number of furan rings is 1. The lowest BCUT2D eigenvalue weighted by Gasteiger charge is -2.34. The van der Waals surface area contributed by atoms with E-state index in [0.717, 1.165) is 25.2 Å². The van der Waals surface area contributed by atoms with Crippen molar-refractivity contribution >= 4 is 5.91 Å². The molecule has 0 spiro atoms. The van der Waals surface area contributed by atoms with Crippen LogP contribution >= 0.6 is 0 Å². The Hall–Kier alpha value is -2.55. The summed E-state index contributed by atoms with van der Waals surface area (Å²) in [4.78, 5) is 16.5. The number of aliphatic hydroxyl groups is 1. The summed E-state index contributed by atoms with van der Waals surface area (Å²) in [5.41, 5.74) is 1.13. The highest BCUT2D eigenvalue weighted by Crippen LogP contribution is 2.13. The van der Waals surface area contributed by atoms with E-state index in [1.807, 2.05) is 17.0 Å². The fourth-order valence-electron chi connectivity index (χ4n) is 2.84. The van der Waals surface area contributed by atoms with Gasteiger partial charge in [0.2, 0.25) is 0 Å². The maximum absolute atomic E-state index is 12.3. The van der Waals surface area contributed by atoms with Crippen molar-refractivity contribution in [3.8, 4) is 11.8 Å². The lowest BCUT2D eigenvalue weighted by molar-refractivity contribution is 0.0598. The van der Waals surface area contributed by atoms with Crippen molar-refractivity contribution in [3.05, 3.63) is 59.5 Å². The average molecular weight is 352 g/mol. The summed E-state index contributed by atoms with van der Waals surface area (Å²) < 4.78 is 5.19. The molecule has 0 bridgehead atoms. The number of hydrogen-bond acceptors (Lipinski definition) is 4. The molecule has 1 fully saturated rings. The maximum Gasteiger partial charge on any atom is 0.289 e. The number of hydrogen-bond donors (Lipinski definition) is 1. The van der Waals surface area contributed by atoms with Crippen molar-refractivity contribution in [1.82, 2.24) is 9.80 Å². The smallest absolute Gasteiger partial charge is 0.289 e. The van der Waals surface area contributed by atoms with Gasteiger partial charge in [-0.15, -0.1) is 0 Å². The van der Waals surface area contributed by atoms with Crippen molar-refractivity contribution in [2.75, 3.05) is 26.2 Å². The first-order valence-electron chi connectivity index (χ1n) is 8.80. The molecule has 2 heterocycles. The third-order valence-electron chi connectivity index (χ3n) is 4.26. The zero-order valence-electron chi connectivity index (χ0n) is 15.2. The minimum Gasteiger partial charge on any atom is -0.459 e. The first-order chi connectivity index (χ1) is 12.4. The van der Waals surface area contributed by atoms with Gasteiger partial charge in [0.1, 0.15) is 5.60 Å². The van der Waals surface area contributed by atoms with Gasteiger partial charge in [0.25, 0.3) is 5.91 Å². The summed E-state index contributed by atoms with van der Waals surface area (Å²) in [5.74, 6) is 6.16. The molecule has 26 heavy (non-hydrogen) atoms. The van der Waals surface area contributed by atoms with Crippen molar-refractivity contribution in [2.45, 2.75) is 26.0 Å². The zero-order valence-corrected chi connectivity index (χ0v) is 15.2. The van der Waals surface area contributed by atoms with Gasteiger partial charge in [-0.05, 0) is 43.7 Å². The second-order valence-electron chi connectivity index (χ2n) is 7.05. The number of carbonyl (C=O) groups excluding carboxylic acids is 1. The lowest BCUT2D eigenvalue weighted by atomic mass is 10.1. The summed E-state index contributed by atoms with van der Waals surface area (Å²) >= 11 is 0. The van der Waals surface area contributed by atoms with E-state index in [4.69, 9.17) is 4.42 Å². The van der Waals surface area contributed by atoms with Crippen LogP contribution in [0.15, 0.2) is 47.1 Å². The van der Waals surface area contributed by atoms with Crippen LogP contribution < -0.4 is 0 Å². The molecular weight excluding hydrogens is 328 g/mol. The topological polar surface area (TPSA) is 56.9 Å². The molecule has 5 nitrogen and oxygen atoms in total. The highest BCUT2D eigenvalue weighted by atomic mass is 16.3. The van der Waals surface area contributed by atoms with E-state index >= 15 is 0 Å². The zero-order chi connectivity index (χ0) is 18.6. The van der Waals surface area contributed by atoms with Gasteiger partial charge in [-0.25, -0.2) is 0 Å². The van der Waals surface area contributed by atoms with Crippen molar-refractivity contribution in [1.29, 1.82) is 0 Å². The van der Waals surface area contributed by atoms with Crippen LogP contribution in [0.4, 0.5) is 0 Å². The van der Waals surface area contributed by atoms with Gasteiger partial charge in [-0.2, -0.15) is 0 Å². The number of piperazine rings is 1.